The quantitative estimate of drug-likeness (QED) is 0.911. The van der Waals surface area contributed by atoms with Crippen molar-refractivity contribution in [3.05, 3.63) is 63.4 Å². The van der Waals surface area contributed by atoms with E-state index in [1.54, 1.807) is 12.1 Å². The van der Waals surface area contributed by atoms with Crippen molar-refractivity contribution in [1.29, 1.82) is 5.26 Å². The first-order valence-electron chi connectivity index (χ1n) is 5.78. The molecule has 0 atom stereocenters. The maximum Gasteiger partial charge on any atom is 0.124 e. The fraction of sp³-hybridized carbons (Fsp3) is 0.133. The zero-order valence-corrected chi connectivity index (χ0v) is 12.0. The van der Waals surface area contributed by atoms with Crippen molar-refractivity contribution >= 4 is 21.6 Å². The van der Waals surface area contributed by atoms with Crippen LogP contribution in [-0.2, 0) is 6.54 Å². The summed E-state index contributed by atoms with van der Waals surface area (Å²) >= 11 is 3.27. The Labute approximate surface area is 120 Å². The molecule has 2 aromatic rings. The second kappa shape index (κ2) is 5.85. The van der Waals surface area contributed by atoms with Crippen LogP contribution < -0.4 is 5.32 Å². The van der Waals surface area contributed by atoms with Crippen LogP contribution in [0.4, 0.5) is 10.1 Å². The predicted molar refractivity (Wildman–Crippen MR) is 77.3 cm³/mol. The highest BCUT2D eigenvalue weighted by molar-refractivity contribution is 9.10. The van der Waals surface area contributed by atoms with Crippen molar-refractivity contribution in [1.82, 2.24) is 0 Å². The summed E-state index contributed by atoms with van der Waals surface area (Å²) in [6, 6.07) is 12.3. The molecule has 19 heavy (non-hydrogen) atoms. The second-order valence-electron chi connectivity index (χ2n) is 4.27. The van der Waals surface area contributed by atoms with Gasteiger partial charge in [-0.15, -0.1) is 0 Å². The van der Waals surface area contributed by atoms with Crippen LogP contribution in [0.3, 0.4) is 0 Å². The molecule has 4 heteroatoms. The summed E-state index contributed by atoms with van der Waals surface area (Å²) in [6.45, 7) is 2.47. The smallest absolute Gasteiger partial charge is 0.124 e. The zero-order chi connectivity index (χ0) is 13.8. The average Bonchev–Trinajstić information content (AvgIpc) is 2.37. The van der Waals surface area contributed by atoms with E-state index in [0.717, 1.165) is 16.8 Å². The van der Waals surface area contributed by atoms with Gasteiger partial charge in [-0.2, -0.15) is 5.26 Å². The van der Waals surface area contributed by atoms with Gasteiger partial charge in [0.2, 0.25) is 0 Å². The molecule has 0 spiro atoms. The number of nitrogens with one attached hydrogen (secondary N) is 1. The Hall–Kier alpha value is -1.86. The number of nitrogens with zero attached hydrogens (tertiary/aromatic N) is 1. The van der Waals surface area contributed by atoms with Gasteiger partial charge >= 0.3 is 0 Å². The molecule has 0 heterocycles. The van der Waals surface area contributed by atoms with Crippen LogP contribution in [0, 0.1) is 24.1 Å². The van der Waals surface area contributed by atoms with Crippen molar-refractivity contribution in [3.63, 3.8) is 0 Å². The number of hydrogen-bond acceptors (Lipinski definition) is 2. The highest BCUT2D eigenvalue weighted by atomic mass is 79.9. The van der Waals surface area contributed by atoms with E-state index >= 15 is 0 Å². The maximum atomic E-state index is 13.3. The van der Waals surface area contributed by atoms with E-state index in [-0.39, 0.29) is 5.82 Å². The normalized spacial score (nSPS) is 10.0. The van der Waals surface area contributed by atoms with Gasteiger partial charge in [0, 0.05) is 16.7 Å². The molecule has 0 radical (unpaired) electrons. The Morgan fingerprint density at radius 1 is 1.26 bits per heavy atom. The summed E-state index contributed by atoms with van der Waals surface area (Å²) in [6.07, 6.45) is 0. The van der Waals surface area contributed by atoms with E-state index in [9.17, 15) is 4.39 Å². The molecule has 0 aliphatic carbocycles. The molecule has 0 bridgehead atoms. The molecule has 1 N–H and O–H groups in total. The standard InChI is InChI=1S/C15H12BrFN2/c1-10-2-3-11(8-18)6-15(10)19-9-12-4-13(16)7-14(17)5-12/h2-7,19H,9H2,1H3. The van der Waals surface area contributed by atoms with Gasteiger partial charge in [0.15, 0.2) is 0 Å². The predicted octanol–water partition coefficient (Wildman–Crippen LogP) is 4.38. The van der Waals surface area contributed by atoms with E-state index in [0.29, 0.717) is 16.6 Å². The van der Waals surface area contributed by atoms with Gasteiger partial charge in [-0.3, -0.25) is 0 Å². The number of aryl methyl sites for hydroxylation is 1. The van der Waals surface area contributed by atoms with E-state index in [1.165, 1.54) is 12.1 Å². The van der Waals surface area contributed by atoms with Crippen molar-refractivity contribution in [2.75, 3.05) is 5.32 Å². The van der Waals surface area contributed by atoms with Gasteiger partial charge in [0.25, 0.3) is 0 Å². The molecule has 2 aromatic carbocycles. The van der Waals surface area contributed by atoms with E-state index < -0.39 is 0 Å². The topological polar surface area (TPSA) is 35.8 Å². The van der Waals surface area contributed by atoms with Crippen molar-refractivity contribution in [2.24, 2.45) is 0 Å². The third kappa shape index (κ3) is 3.55. The molecular formula is C15H12BrFN2. The van der Waals surface area contributed by atoms with Crippen LogP contribution >= 0.6 is 15.9 Å². The lowest BCUT2D eigenvalue weighted by atomic mass is 10.1. The third-order valence-electron chi connectivity index (χ3n) is 2.77. The molecule has 0 fully saturated rings. The summed E-state index contributed by atoms with van der Waals surface area (Å²) in [5.41, 5.74) is 3.39. The van der Waals surface area contributed by atoms with Crippen molar-refractivity contribution in [3.8, 4) is 6.07 Å². The summed E-state index contributed by atoms with van der Waals surface area (Å²) in [5.74, 6) is -0.270. The first-order valence-corrected chi connectivity index (χ1v) is 6.57. The van der Waals surface area contributed by atoms with E-state index in [2.05, 4.69) is 27.3 Å². The fourth-order valence-corrected chi connectivity index (χ4v) is 2.31. The van der Waals surface area contributed by atoms with Gasteiger partial charge in [-0.1, -0.05) is 22.0 Å². The van der Waals surface area contributed by atoms with Crippen LogP contribution in [0.25, 0.3) is 0 Å². The first kappa shape index (κ1) is 13.6. The third-order valence-corrected chi connectivity index (χ3v) is 3.23. The highest BCUT2D eigenvalue weighted by Crippen LogP contribution is 2.19. The number of benzene rings is 2. The summed E-state index contributed by atoms with van der Waals surface area (Å²) in [5, 5.41) is 12.1. The Morgan fingerprint density at radius 2 is 2.05 bits per heavy atom. The first-order chi connectivity index (χ1) is 9.08. The lowest BCUT2D eigenvalue weighted by Crippen LogP contribution is -2.02. The van der Waals surface area contributed by atoms with Crippen LogP contribution in [0.2, 0.25) is 0 Å². The number of anilines is 1. The summed E-state index contributed by atoms with van der Waals surface area (Å²) in [4.78, 5) is 0. The monoisotopic (exact) mass is 318 g/mol. The molecule has 0 aliphatic heterocycles. The number of halogens is 2. The molecule has 0 unspecified atom stereocenters. The van der Waals surface area contributed by atoms with Crippen molar-refractivity contribution < 1.29 is 4.39 Å². The Bertz CT molecular complexity index is 627. The molecular weight excluding hydrogens is 307 g/mol. The Kier molecular flexibility index (Phi) is 4.18. The van der Waals surface area contributed by atoms with Gasteiger partial charge in [-0.05, 0) is 48.4 Å². The lowest BCUT2D eigenvalue weighted by Gasteiger charge is -2.10. The minimum atomic E-state index is -0.270. The maximum absolute atomic E-state index is 13.3. The number of rotatable bonds is 3. The molecule has 2 rings (SSSR count). The van der Waals surface area contributed by atoms with Crippen molar-refractivity contribution in [2.45, 2.75) is 13.5 Å². The molecule has 0 aromatic heterocycles. The van der Waals surface area contributed by atoms with Gasteiger partial charge < -0.3 is 5.32 Å². The molecule has 0 amide bonds. The average molecular weight is 319 g/mol. The Morgan fingerprint density at radius 3 is 2.74 bits per heavy atom. The minimum absolute atomic E-state index is 0.270. The molecule has 96 valence electrons. The Balaban J connectivity index is 2.16. The molecule has 0 aliphatic rings. The van der Waals surface area contributed by atoms with Gasteiger partial charge in [0.05, 0.1) is 11.6 Å². The van der Waals surface area contributed by atoms with E-state index in [4.69, 9.17) is 5.26 Å². The largest absolute Gasteiger partial charge is 0.381 e. The van der Waals surface area contributed by atoms with Gasteiger partial charge in [-0.25, -0.2) is 4.39 Å². The molecule has 0 saturated heterocycles. The molecule has 0 saturated carbocycles. The summed E-state index contributed by atoms with van der Waals surface area (Å²) < 4.78 is 14.0. The fourth-order valence-electron chi connectivity index (χ4n) is 1.79. The van der Waals surface area contributed by atoms with Gasteiger partial charge in [0.1, 0.15) is 5.82 Å². The minimum Gasteiger partial charge on any atom is -0.381 e. The van der Waals surface area contributed by atoms with E-state index in [1.807, 2.05) is 19.1 Å². The second-order valence-corrected chi connectivity index (χ2v) is 5.19. The number of hydrogen-bond donors (Lipinski definition) is 1. The van der Waals surface area contributed by atoms with Crippen LogP contribution in [-0.4, -0.2) is 0 Å². The van der Waals surface area contributed by atoms with Crippen LogP contribution in [0.15, 0.2) is 40.9 Å². The lowest BCUT2D eigenvalue weighted by molar-refractivity contribution is 0.625. The number of nitriles is 1. The van der Waals surface area contributed by atoms with Crippen LogP contribution in [0.5, 0.6) is 0 Å². The SMILES string of the molecule is Cc1ccc(C#N)cc1NCc1cc(F)cc(Br)c1. The highest BCUT2D eigenvalue weighted by Gasteiger charge is 2.02. The molecule has 2 nitrogen and oxygen atoms in total. The zero-order valence-electron chi connectivity index (χ0n) is 10.4. The van der Waals surface area contributed by atoms with Crippen LogP contribution in [0.1, 0.15) is 16.7 Å². The summed E-state index contributed by atoms with van der Waals surface area (Å²) in [7, 11) is 0.